The predicted octanol–water partition coefficient (Wildman–Crippen LogP) is 6.81. The number of benzene rings is 4. The lowest BCUT2D eigenvalue weighted by Gasteiger charge is -2.11. The molecule has 4 aromatic carbocycles. The predicted molar refractivity (Wildman–Crippen MR) is 132 cm³/mol. The first-order valence-corrected chi connectivity index (χ1v) is 11.0. The molecule has 1 aliphatic heterocycles. The van der Waals surface area contributed by atoms with Gasteiger partial charge in [-0.3, -0.25) is 4.79 Å². The van der Waals surface area contributed by atoms with Crippen LogP contribution in [-0.2, 0) is 0 Å². The zero-order valence-electron chi connectivity index (χ0n) is 18.9. The molecule has 4 heteroatoms. The van der Waals surface area contributed by atoms with Crippen molar-refractivity contribution in [1.29, 1.82) is 0 Å². The molecule has 4 nitrogen and oxygen atoms in total. The first-order chi connectivity index (χ1) is 16.5. The number of Topliss-reactive ketones (excluding diaryl/α,β-unsaturated/α-hetero) is 1. The van der Waals surface area contributed by atoms with E-state index in [0.29, 0.717) is 28.2 Å². The maximum atomic E-state index is 12.9. The highest BCUT2D eigenvalue weighted by molar-refractivity contribution is 6.15. The van der Waals surface area contributed by atoms with Gasteiger partial charge in [0.25, 0.3) is 0 Å². The van der Waals surface area contributed by atoms with Crippen LogP contribution < -0.4 is 9.47 Å². The third-order valence-corrected chi connectivity index (χ3v) is 5.92. The standard InChI is InChI=1S/C30H22O4/c1-19-8-6-7-11-24(19)30(32)34-26-17-16-25-28(31)27(33-29(25)20(26)2)18-21-12-14-23(15-13-21)22-9-4-3-5-10-22/h3-18H,1-2H3/b27-18-. The lowest BCUT2D eigenvalue weighted by Crippen LogP contribution is -2.11. The second-order valence-electron chi connectivity index (χ2n) is 8.20. The molecular formula is C30H22O4. The summed E-state index contributed by atoms with van der Waals surface area (Å²) in [4.78, 5) is 25.6. The Labute approximate surface area is 198 Å². The van der Waals surface area contributed by atoms with Crippen molar-refractivity contribution in [1.82, 2.24) is 0 Å². The van der Waals surface area contributed by atoms with Crippen LogP contribution in [0.1, 0.15) is 37.4 Å². The van der Waals surface area contributed by atoms with E-state index in [2.05, 4.69) is 12.1 Å². The van der Waals surface area contributed by atoms with Crippen LogP contribution in [0.15, 0.2) is 96.8 Å². The topological polar surface area (TPSA) is 52.6 Å². The van der Waals surface area contributed by atoms with Crippen molar-refractivity contribution in [3.63, 3.8) is 0 Å². The number of hydrogen-bond donors (Lipinski definition) is 0. The van der Waals surface area contributed by atoms with Crippen molar-refractivity contribution in [3.8, 4) is 22.6 Å². The molecule has 0 atom stereocenters. The molecule has 0 bridgehead atoms. The fraction of sp³-hybridized carbons (Fsp3) is 0.0667. The molecular weight excluding hydrogens is 424 g/mol. The Morgan fingerprint density at radius 3 is 2.21 bits per heavy atom. The van der Waals surface area contributed by atoms with E-state index >= 15 is 0 Å². The van der Waals surface area contributed by atoms with Gasteiger partial charge in [0.2, 0.25) is 5.78 Å². The zero-order valence-corrected chi connectivity index (χ0v) is 18.9. The minimum atomic E-state index is -0.445. The molecule has 0 saturated heterocycles. The Morgan fingerprint density at radius 1 is 0.794 bits per heavy atom. The zero-order chi connectivity index (χ0) is 23.7. The summed E-state index contributed by atoms with van der Waals surface area (Å²) in [5.41, 5.74) is 5.49. The number of rotatable bonds is 4. The van der Waals surface area contributed by atoms with Crippen LogP contribution in [0.2, 0.25) is 0 Å². The number of carbonyl (C=O) groups is 2. The van der Waals surface area contributed by atoms with Gasteiger partial charge in [0.15, 0.2) is 5.76 Å². The smallest absolute Gasteiger partial charge is 0.343 e. The Balaban J connectivity index is 1.38. The maximum Gasteiger partial charge on any atom is 0.343 e. The van der Waals surface area contributed by atoms with Gasteiger partial charge in [0.1, 0.15) is 11.5 Å². The van der Waals surface area contributed by atoms with Crippen LogP contribution in [0, 0.1) is 13.8 Å². The molecule has 166 valence electrons. The lowest BCUT2D eigenvalue weighted by molar-refractivity contribution is 0.0732. The second kappa shape index (κ2) is 8.83. The SMILES string of the molecule is Cc1ccccc1C(=O)Oc1ccc2c(c1C)O/C(=C\c1ccc(-c3ccccc3)cc1)C2=O. The molecule has 34 heavy (non-hydrogen) atoms. The summed E-state index contributed by atoms with van der Waals surface area (Å²) in [5.74, 6) is 0.398. The van der Waals surface area contributed by atoms with Crippen molar-refractivity contribution in [3.05, 3.63) is 125 Å². The average molecular weight is 447 g/mol. The summed E-state index contributed by atoms with van der Waals surface area (Å²) in [7, 11) is 0. The summed E-state index contributed by atoms with van der Waals surface area (Å²) >= 11 is 0. The molecule has 0 N–H and O–H groups in total. The Kier molecular flexibility index (Phi) is 5.56. The van der Waals surface area contributed by atoms with Crippen molar-refractivity contribution in [2.24, 2.45) is 0 Å². The molecule has 0 saturated carbocycles. The highest BCUT2D eigenvalue weighted by Gasteiger charge is 2.30. The van der Waals surface area contributed by atoms with E-state index in [1.807, 2.05) is 61.5 Å². The van der Waals surface area contributed by atoms with Crippen LogP contribution in [-0.4, -0.2) is 11.8 Å². The number of carbonyl (C=O) groups excluding carboxylic acids is 2. The molecule has 4 aromatic rings. The molecule has 0 fully saturated rings. The normalized spacial score (nSPS) is 13.5. The molecule has 0 aromatic heterocycles. The lowest BCUT2D eigenvalue weighted by atomic mass is 10.0. The monoisotopic (exact) mass is 446 g/mol. The quantitative estimate of drug-likeness (QED) is 0.196. The number of hydrogen-bond acceptors (Lipinski definition) is 4. The van der Waals surface area contributed by atoms with E-state index in [-0.39, 0.29) is 11.5 Å². The number of fused-ring (bicyclic) bond motifs is 1. The first-order valence-electron chi connectivity index (χ1n) is 11.0. The first kappa shape index (κ1) is 21.4. The molecule has 0 aliphatic carbocycles. The van der Waals surface area contributed by atoms with Gasteiger partial charge in [-0.25, -0.2) is 4.79 Å². The summed E-state index contributed by atoms with van der Waals surface area (Å²) in [5, 5.41) is 0. The largest absolute Gasteiger partial charge is 0.452 e. The summed E-state index contributed by atoms with van der Waals surface area (Å²) in [6, 6.07) is 28.6. The van der Waals surface area contributed by atoms with Crippen LogP contribution in [0.5, 0.6) is 11.5 Å². The summed E-state index contributed by atoms with van der Waals surface area (Å²) in [6.45, 7) is 3.64. The fourth-order valence-electron chi connectivity index (χ4n) is 3.99. The third kappa shape index (κ3) is 4.02. The van der Waals surface area contributed by atoms with Gasteiger partial charge in [-0.1, -0.05) is 72.8 Å². The summed E-state index contributed by atoms with van der Waals surface area (Å²) < 4.78 is 11.6. The number of esters is 1. The van der Waals surface area contributed by atoms with Crippen LogP contribution >= 0.6 is 0 Å². The number of ether oxygens (including phenoxy) is 2. The van der Waals surface area contributed by atoms with Gasteiger partial charge >= 0.3 is 5.97 Å². The van der Waals surface area contributed by atoms with Gasteiger partial charge in [-0.05, 0) is 60.4 Å². The van der Waals surface area contributed by atoms with Gasteiger partial charge in [0, 0.05) is 5.56 Å². The average Bonchev–Trinajstić information content (AvgIpc) is 3.18. The molecule has 0 spiro atoms. The van der Waals surface area contributed by atoms with Crippen molar-refractivity contribution >= 4 is 17.8 Å². The Bertz CT molecular complexity index is 1430. The number of allylic oxidation sites excluding steroid dienone is 1. The van der Waals surface area contributed by atoms with E-state index in [0.717, 1.165) is 22.3 Å². The van der Waals surface area contributed by atoms with E-state index in [9.17, 15) is 9.59 Å². The van der Waals surface area contributed by atoms with Gasteiger partial charge in [0.05, 0.1) is 11.1 Å². The van der Waals surface area contributed by atoms with Crippen molar-refractivity contribution in [2.75, 3.05) is 0 Å². The van der Waals surface area contributed by atoms with E-state index in [1.54, 1.807) is 37.3 Å². The second-order valence-corrected chi connectivity index (χ2v) is 8.20. The van der Waals surface area contributed by atoms with E-state index < -0.39 is 5.97 Å². The molecule has 5 rings (SSSR count). The molecule has 0 amide bonds. The number of ketones is 1. The van der Waals surface area contributed by atoms with Crippen LogP contribution in [0.25, 0.3) is 17.2 Å². The van der Waals surface area contributed by atoms with Crippen molar-refractivity contribution in [2.45, 2.75) is 13.8 Å². The molecule has 0 unspecified atom stereocenters. The highest BCUT2D eigenvalue weighted by atomic mass is 16.5. The highest BCUT2D eigenvalue weighted by Crippen LogP contribution is 2.39. The molecule has 0 radical (unpaired) electrons. The van der Waals surface area contributed by atoms with Gasteiger partial charge < -0.3 is 9.47 Å². The minimum Gasteiger partial charge on any atom is -0.452 e. The molecule has 1 aliphatic rings. The molecule has 1 heterocycles. The maximum absolute atomic E-state index is 12.9. The van der Waals surface area contributed by atoms with E-state index in [1.165, 1.54) is 0 Å². The summed E-state index contributed by atoms with van der Waals surface area (Å²) in [6.07, 6.45) is 1.73. The third-order valence-electron chi connectivity index (χ3n) is 5.92. The van der Waals surface area contributed by atoms with Crippen LogP contribution in [0.4, 0.5) is 0 Å². The number of aryl methyl sites for hydroxylation is 1. The minimum absolute atomic E-state index is 0.193. The van der Waals surface area contributed by atoms with Crippen molar-refractivity contribution < 1.29 is 19.1 Å². The van der Waals surface area contributed by atoms with Crippen LogP contribution in [0.3, 0.4) is 0 Å². The Morgan fingerprint density at radius 2 is 1.47 bits per heavy atom. The van der Waals surface area contributed by atoms with E-state index in [4.69, 9.17) is 9.47 Å². The van der Waals surface area contributed by atoms with Gasteiger partial charge in [-0.15, -0.1) is 0 Å². The fourth-order valence-corrected chi connectivity index (χ4v) is 3.99. The van der Waals surface area contributed by atoms with Gasteiger partial charge in [-0.2, -0.15) is 0 Å². The Hall–Kier alpha value is -4.44.